The Labute approximate surface area is 126 Å². The number of hydrogen-bond donors (Lipinski definition) is 0. The van der Waals surface area contributed by atoms with Gasteiger partial charge in [-0.1, -0.05) is 0 Å². The average molecular weight is 356 g/mol. The van der Waals surface area contributed by atoms with Gasteiger partial charge in [0.15, 0.2) is 5.75 Å². The van der Waals surface area contributed by atoms with Crippen LogP contribution >= 0.6 is 0 Å². The third-order valence-corrected chi connectivity index (χ3v) is 3.49. The summed E-state index contributed by atoms with van der Waals surface area (Å²) in [4.78, 5) is 11.5. The number of carbonyl (C=O) groups is 1. The molecule has 0 aliphatic carbocycles. The van der Waals surface area contributed by atoms with E-state index >= 15 is 0 Å². The molecule has 0 radical (unpaired) electrons. The maximum atomic E-state index is 13.4. The van der Waals surface area contributed by atoms with Crippen LogP contribution in [0.1, 0.15) is 17.5 Å². The van der Waals surface area contributed by atoms with Crippen LogP contribution in [0.4, 0.5) is 17.6 Å². The molecule has 0 saturated heterocycles. The number of alkyl halides is 3. The van der Waals surface area contributed by atoms with Crippen molar-refractivity contribution in [1.29, 1.82) is 0 Å². The third-order valence-electron chi connectivity index (χ3n) is 2.52. The van der Waals surface area contributed by atoms with E-state index < -0.39 is 38.9 Å². The lowest BCUT2D eigenvalue weighted by Crippen LogP contribution is -2.28. The fourth-order valence-corrected chi connectivity index (χ4v) is 2.08. The molecule has 0 fully saturated rings. The summed E-state index contributed by atoms with van der Waals surface area (Å²) in [6.45, 7) is 1.50. The first-order valence-electron chi connectivity index (χ1n) is 5.96. The van der Waals surface area contributed by atoms with Crippen LogP contribution in [0.2, 0.25) is 0 Å². The summed E-state index contributed by atoms with van der Waals surface area (Å²) < 4.78 is 86.0. The molecule has 0 unspecified atom stereocenters. The number of ether oxygens (including phenoxy) is 1. The molecule has 0 spiro atoms. The van der Waals surface area contributed by atoms with E-state index in [0.717, 1.165) is 12.1 Å². The Hall–Kier alpha value is -2.30. The number of fused-ring (bicyclic) bond motifs is 1. The quantitative estimate of drug-likeness (QED) is 0.363. The van der Waals surface area contributed by atoms with Crippen molar-refractivity contribution >= 4 is 27.1 Å². The lowest BCUT2D eigenvalue weighted by molar-refractivity contribution is -0.0499. The molecule has 1 aromatic heterocycles. The second kappa shape index (κ2) is 5.72. The van der Waals surface area contributed by atoms with E-state index in [1.165, 1.54) is 6.92 Å². The van der Waals surface area contributed by atoms with Crippen LogP contribution in [0.3, 0.4) is 0 Å². The highest BCUT2D eigenvalue weighted by atomic mass is 32.2. The lowest BCUT2D eigenvalue weighted by Gasteiger charge is -2.09. The van der Waals surface area contributed by atoms with Gasteiger partial charge in [-0.15, -0.1) is 0 Å². The van der Waals surface area contributed by atoms with Crippen LogP contribution in [0.5, 0.6) is 5.75 Å². The molecule has 0 amide bonds. The smallest absolute Gasteiger partial charge is 0.460 e. The van der Waals surface area contributed by atoms with Gasteiger partial charge >= 0.3 is 21.6 Å². The molecule has 0 atom stereocenters. The summed E-state index contributed by atoms with van der Waals surface area (Å²) in [5.41, 5.74) is -6.07. The molecule has 0 N–H and O–H groups in total. The first-order valence-corrected chi connectivity index (χ1v) is 7.37. The summed E-state index contributed by atoms with van der Waals surface area (Å²) in [6.07, 6.45) is 0. The lowest BCUT2D eigenvalue weighted by atomic mass is 10.2. The molecule has 2 rings (SSSR count). The molecule has 0 saturated carbocycles. The van der Waals surface area contributed by atoms with Gasteiger partial charge in [-0.25, -0.2) is 9.18 Å². The molecule has 23 heavy (non-hydrogen) atoms. The van der Waals surface area contributed by atoms with Crippen molar-refractivity contribution in [2.24, 2.45) is 0 Å². The van der Waals surface area contributed by atoms with Gasteiger partial charge < -0.3 is 13.3 Å². The topological polar surface area (TPSA) is 82.8 Å². The maximum absolute atomic E-state index is 13.4. The molecule has 0 aliphatic rings. The predicted molar refractivity (Wildman–Crippen MR) is 67.7 cm³/mol. The van der Waals surface area contributed by atoms with Gasteiger partial charge in [-0.3, -0.25) is 0 Å². The van der Waals surface area contributed by atoms with E-state index in [0.29, 0.717) is 6.07 Å². The molecule has 1 aromatic carbocycles. The Morgan fingerprint density at radius 1 is 1.26 bits per heavy atom. The molecule has 1 heterocycles. The molecule has 126 valence electrons. The Balaban J connectivity index is 2.54. The van der Waals surface area contributed by atoms with Crippen LogP contribution in [-0.4, -0.2) is 26.5 Å². The zero-order chi connectivity index (χ0) is 17.4. The summed E-state index contributed by atoms with van der Waals surface area (Å²) in [5.74, 6) is -3.47. The van der Waals surface area contributed by atoms with Gasteiger partial charge in [0.2, 0.25) is 5.76 Å². The van der Waals surface area contributed by atoms with E-state index in [1.54, 1.807) is 0 Å². The van der Waals surface area contributed by atoms with E-state index in [-0.39, 0.29) is 17.6 Å². The van der Waals surface area contributed by atoms with Gasteiger partial charge in [0.1, 0.15) is 11.4 Å². The summed E-state index contributed by atoms with van der Waals surface area (Å²) in [7, 11) is -6.00. The van der Waals surface area contributed by atoms with Gasteiger partial charge in [0, 0.05) is 18.2 Å². The Morgan fingerprint density at radius 2 is 1.91 bits per heavy atom. The highest BCUT2D eigenvalue weighted by Gasteiger charge is 2.48. The fraction of sp³-hybridized carbons (Fsp3) is 0.250. The number of esters is 1. The van der Waals surface area contributed by atoms with Gasteiger partial charge in [-0.2, -0.15) is 21.6 Å². The minimum atomic E-state index is -6.00. The monoisotopic (exact) mass is 356 g/mol. The van der Waals surface area contributed by atoms with Crippen molar-refractivity contribution < 1.29 is 44.1 Å². The van der Waals surface area contributed by atoms with Gasteiger partial charge in [-0.05, 0) is 6.92 Å². The van der Waals surface area contributed by atoms with E-state index in [9.17, 15) is 30.8 Å². The van der Waals surface area contributed by atoms with Crippen LogP contribution in [0, 0.1) is 5.82 Å². The van der Waals surface area contributed by atoms with Crippen molar-refractivity contribution in [1.82, 2.24) is 0 Å². The van der Waals surface area contributed by atoms with E-state index in [4.69, 9.17) is 4.42 Å². The number of benzene rings is 1. The number of hydrogen-bond acceptors (Lipinski definition) is 6. The van der Waals surface area contributed by atoms with Crippen molar-refractivity contribution in [2.45, 2.75) is 12.4 Å². The summed E-state index contributed by atoms with van der Waals surface area (Å²) in [6, 6.07) is 2.08. The third kappa shape index (κ3) is 3.38. The van der Waals surface area contributed by atoms with Crippen molar-refractivity contribution in [3.05, 3.63) is 29.8 Å². The molecule has 11 heteroatoms. The fourth-order valence-electron chi connectivity index (χ4n) is 1.61. The molecular formula is C12H8F4O6S. The maximum Gasteiger partial charge on any atom is 0.534 e. The Kier molecular flexibility index (Phi) is 4.24. The highest BCUT2D eigenvalue weighted by Crippen LogP contribution is 2.34. The summed E-state index contributed by atoms with van der Waals surface area (Å²) in [5, 5.41) is -0.331. The van der Waals surface area contributed by atoms with E-state index in [2.05, 4.69) is 8.92 Å². The van der Waals surface area contributed by atoms with Crippen LogP contribution in [0.25, 0.3) is 11.0 Å². The zero-order valence-corrected chi connectivity index (χ0v) is 12.1. The molecule has 6 nitrogen and oxygen atoms in total. The minimum Gasteiger partial charge on any atom is -0.460 e. The first kappa shape index (κ1) is 17.1. The Bertz CT molecular complexity index is 852. The SMILES string of the molecule is CCOC(=O)c1cc2c(OS(=O)(=O)C(F)(F)F)cc(F)cc2o1. The Morgan fingerprint density at radius 3 is 2.48 bits per heavy atom. The number of furan rings is 1. The van der Waals surface area contributed by atoms with Crippen LogP contribution in [0.15, 0.2) is 22.6 Å². The molecular weight excluding hydrogens is 348 g/mol. The van der Waals surface area contributed by atoms with Gasteiger partial charge in [0.05, 0.1) is 12.0 Å². The minimum absolute atomic E-state index is 0.00392. The van der Waals surface area contributed by atoms with Gasteiger partial charge in [0.25, 0.3) is 0 Å². The van der Waals surface area contributed by atoms with Crippen molar-refractivity contribution in [3.8, 4) is 5.75 Å². The zero-order valence-electron chi connectivity index (χ0n) is 11.3. The average Bonchev–Trinajstić information content (AvgIpc) is 2.81. The second-order valence-electron chi connectivity index (χ2n) is 4.13. The normalized spacial score (nSPS) is 12.4. The highest BCUT2D eigenvalue weighted by molar-refractivity contribution is 7.88. The first-order chi connectivity index (χ1) is 10.5. The van der Waals surface area contributed by atoms with Crippen LogP contribution < -0.4 is 4.18 Å². The standard InChI is InChI=1S/C12H8F4O6S/c1-2-20-11(17)10-5-7-8(21-10)3-6(13)4-9(7)22-23(18,19)12(14,15)16/h3-5H,2H2,1H3. The van der Waals surface area contributed by atoms with Crippen molar-refractivity contribution in [2.75, 3.05) is 6.61 Å². The van der Waals surface area contributed by atoms with Crippen molar-refractivity contribution in [3.63, 3.8) is 0 Å². The van der Waals surface area contributed by atoms with E-state index in [1.807, 2.05) is 0 Å². The number of rotatable bonds is 4. The van der Waals surface area contributed by atoms with Crippen LogP contribution in [-0.2, 0) is 14.9 Å². The largest absolute Gasteiger partial charge is 0.534 e. The summed E-state index contributed by atoms with van der Waals surface area (Å²) >= 11 is 0. The molecule has 2 aromatic rings. The second-order valence-corrected chi connectivity index (χ2v) is 5.67. The number of carbonyl (C=O) groups excluding carboxylic acids is 1. The molecule has 0 bridgehead atoms. The molecule has 0 aliphatic heterocycles. The predicted octanol–water partition coefficient (Wildman–Crippen LogP) is 2.98. The number of halogens is 4.